The Morgan fingerprint density at radius 2 is 1.53 bits per heavy atom. The summed E-state index contributed by atoms with van der Waals surface area (Å²) in [7, 11) is 0. The quantitative estimate of drug-likeness (QED) is 0.271. The van der Waals surface area contributed by atoms with E-state index in [9.17, 15) is 0 Å². The van der Waals surface area contributed by atoms with Crippen molar-refractivity contribution in [3.63, 3.8) is 0 Å². The highest BCUT2D eigenvalue weighted by Gasteiger charge is 2.19. The molecule has 0 fully saturated rings. The van der Waals surface area contributed by atoms with Crippen LogP contribution in [0.5, 0.6) is 0 Å². The standard InChI is InChI=1S/C30H23N3S/c31-19-11-14-30-25(16-19)24-15-18(9-13-29(24)34-30)21-12-10-20(32)17-28(21)33-26-7-3-1-5-22(26)23-6-2-4-8-27(23)33/h1-15,17,19H,16,31-32H2. The fraction of sp³-hybridized carbons (Fsp3) is 0.0667. The summed E-state index contributed by atoms with van der Waals surface area (Å²) in [6.07, 6.45) is 5.18. The van der Waals surface area contributed by atoms with Crippen molar-refractivity contribution in [3.05, 3.63) is 101 Å². The molecule has 2 aromatic heterocycles. The van der Waals surface area contributed by atoms with E-state index in [1.165, 1.54) is 53.5 Å². The first-order chi connectivity index (χ1) is 16.7. The number of nitrogen functional groups attached to an aromatic ring is 1. The van der Waals surface area contributed by atoms with Crippen molar-refractivity contribution in [3.8, 4) is 16.8 Å². The molecule has 3 nitrogen and oxygen atoms in total. The third-order valence-electron chi connectivity index (χ3n) is 6.91. The van der Waals surface area contributed by atoms with Gasteiger partial charge in [-0.1, -0.05) is 54.6 Å². The van der Waals surface area contributed by atoms with Crippen molar-refractivity contribution >= 4 is 55.0 Å². The predicted molar refractivity (Wildman–Crippen MR) is 147 cm³/mol. The van der Waals surface area contributed by atoms with Gasteiger partial charge >= 0.3 is 0 Å². The number of anilines is 1. The van der Waals surface area contributed by atoms with Gasteiger partial charge in [0.2, 0.25) is 0 Å². The average Bonchev–Trinajstić information content (AvgIpc) is 3.39. The van der Waals surface area contributed by atoms with E-state index < -0.39 is 0 Å². The normalized spacial score (nSPS) is 15.4. The lowest BCUT2D eigenvalue weighted by molar-refractivity contribution is 0.811. The number of thiophene rings is 1. The van der Waals surface area contributed by atoms with Crippen LogP contribution in [0, 0.1) is 0 Å². The maximum Gasteiger partial charge on any atom is 0.0561 e. The van der Waals surface area contributed by atoms with Crippen molar-refractivity contribution in [2.24, 2.45) is 5.73 Å². The van der Waals surface area contributed by atoms with Gasteiger partial charge in [0.25, 0.3) is 0 Å². The topological polar surface area (TPSA) is 57.0 Å². The predicted octanol–water partition coefficient (Wildman–Crippen LogP) is 7.14. The SMILES string of the molecule is Nc1ccc(-c2ccc3sc4c(c3c2)CC(N)C=C4)c(-n2c3ccccc3c3ccccc32)c1. The van der Waals surface area contributed by atoms with Crippen molar-refractivity contribution in [1.29, 1.82) is 0 Å². The Labute approximate surface area is 201 Å². The number of fused-ring (bicyclic) bond motifs is 6. The molecule has 4 heteroatoms. The third kappa shape index (κ3) is 2.86. The number of hydrogen-bond donors (Lipinski definition) is 2. The van der Waals surface area contributed by atoms with E-state index in [2.05, 4.69) is 95.6 Å². The summed E-state index contributed by atoms with van der Waals surface area (Å²) in [4.78, 5) is 1.33. The number of para-hydroxylation sites is 2. The van der Waals surface area contributed by atoms with Crippen LogP contribution in [0.2, 0.25) is 0 Å². The number of nitrogens with two attached hydrogens (primary N) is 2. The Balaban J connectivity index is 1.52. The van der Waals surface area contributed by atoms with Crippen LogP contribution in [0.15, 0.2) is 91.0 Å². The molecule has 1 atom stereocenters. The van der Waals surface area contributed by atoms with E-state index in [0.717, 1.165) is 17.8 Å². The van der Waals surface area contributed by atoms with Gasteiger partial charge in [0.05, 0.1) is 16.7 Å². The summed E-state index contributed by atoms with van der Waals surface area (Å²) in [6, 6.07) is 30.3. The summed E-state index contributed by atoms with van der Waals surface area (Å²) in [5, 5.41) is 3.80. The molecule has 4 N–H and O–H groups in total. The second-order valence-electron chi connectivity index (χ2n) is 9.03. The third-order valence-corrected chi connectivity index (χ3v) is 8.09. The molecule has 2 heterocycles. The summed E-state index contributed by atoms with van der Waals surface area (Å²) in [5.74, 6) is 0. The zero-order chi connectivity index (χ0) is 22.8. The van der Waals surface area contributed by atoms with Crippen LogP contribution in [0.3, 0.4) is 0 Å². The number of hydrogen-bond acceptors (Lipinski definition) is 3. The van der Waals surface area contributed by atoms with E-state index in [1.807, 2.05) is 17.4 Å². The molecule has 0 saturated carbocycles. The van der Waals surface area contributed by atoms with Crippen LogP contribution in [-0.4, -0.2) is 10.6 Å². The van der Waals surface area contributed by atoms with Gasteiger partial charge in [-0.15, -0.1) is 11.3 Å². The van der Waals surface area contributed by atoms with Crippen LogP contribution in [0.25, 0.3) is 54.8 Å². The Kier molecular flexibility index (Phi) is 4.22. The molecule has 6 aromatic rings. The van der Waals surface area contributed by atoms with Crippen molar-refractivity contribution in [2.75, 3.05) is 5.73 Å². The second-order valence-corrected chi connectivity index (χ2v) is 10.1. The van der Waals surface area contributed by atoms with Crippen LogP contribution >= 0.6 is 11.3 Å². The highest BCUT2D eigenvalue weighted by atomic mass is 32.1. The molecule has 0 radical (unpaired) electrons. The lowest BCUT2D eigenvalue weighted by atomic mass is 9.95. The van der Waals surface area contributed by atoms with Gasteiger partial charge < -0.3 is 16.0 Å². The van der Waals surface area contributed by atoms with E-state index >= 15 is 0 Å². The molecule has 7 rings (SSSR count). The van der Waals surface area contributed by atoms with Crippen LogP contribution in [0.4, 0.5) is 5.69 Å². The molecular formula is C30H23N3S. The van der Waals surface area contributed by atoms with E-state index in [1.54, 1.807) is 0 Å². The molecule has 0 spiro atoms. The summed E-state index contributed by atoms with van der Waals surface area (Å²) in [5.41, 5.74) is 20.5. The van der Waals surface area contributed by atoms with E-state index in [0.29, 0.717) is 0 Å². The van der Waals surface area contributed by atoms with Crippen molar-refractivity contribution in [1.82, 2.24) is 4.57 Å². The van der Waals surface area contributed by atoms with Gasteiger partial charge in [-0.25, -0.2) is 0 Å². The fourth-order valence-electron chi connectivity index (χ4n) is 5.35. The molecule has 164 valence electrons. The maximum atomic E-state index is 6.35. The summed E-state index contributed by atoms with van der Waals surface area (Å²) < 4.78 is 3.66. The molecule has 4 aromatic carbocycles. The Morgan fingerprint density at radius 1 is 0.794 bits per heavy atom. The number of benzene rings is 4. The average molecular weight is 458 g/mol. The van der Waals surface area contributed by atoms with E-state index in [-0.39, 0.29) is 6.04 Å². The first-order valence-corrected chi connectivity index (χ1v) is 12.4. The van der Waals surface area contributed by atoms with Crippen molar-refractivity contribution in [2.45, 2.75) is 12.5 Å². The second kappa shape index (κ2) is 7.32. The van der Waals surface area contributed by atoms with Gasteiger partial charge in [0, 0.05) is 37.6 Å². The molecule has 1 unspecified atom stereocenters. The highest BCUT2D eigenvalue weighted by molar-refractivity contribution is 7.20. The molecule has 1 aliphatic carbocycles. The fourth-order valence-corrected chi connectivity index (χ4v) is 6.48. The Bertz CT molecular complexity index is 1720. The maximum absolute atomic E-state index is 6.35. The molecule has 0 aliphatic heterocycles. The smallest absolute Gasteiger partial charge is 0.0561 e. The highest BCUT2D eigenvalue weighted by Crippen LogP contribution is 2.41. The monoisotopic (exact) mass is 457 g/mol. The lowest BCUT2D eigenvalue weighted by Crippen LogP contribution is -2.21. The molecule has 0 saturated heterocycles. The number of aromatic nitrogens is 1. The molecule has 0 amide bonds. The minimum Gasteiger partial charge on any atom is -0.399 e. The molecule has 0 bridgehead atoms. The molecule has 1 aliphatic rings. The number of nitrogens with zero attached hydrogens (tertiary/aromatic N) is 1. The first-order valence-electron chi connectivity index (χ1n) is 11.5. The van der Waals surface area contributed by atoms with Crippen LogP contribution in [0.1, 0.15) is 10.4 Å². The Morgan fingerprint density at radius 3 is 2.29 bits per heavy atom. The largest absolute Gasteiger partial charge is 0.399 e. The zero-order valence-corrected chi connectivity index (χ0v) is 19.3. The van der Waals surface area contributed by atoms with Crippen molar-refractivity contribution < 1.29 is 0 Å². The number of rotatable bonds is 2. The summed E-state index contributed by atoms with van der Waals surface area (Å²) in [6.45, 7) is 0. The molecular weight excluding hydrogens is 434 g/mol. The molecule has 34 heavy (non-hydrogen) atoms. The van der Waals surface area contributed by atoms with Crippen LogP contribution < -0.4 is 11.5 Å². The van der Waals surface area contributed by atoms with Gasteiger partial charge in [-0.2, -0.15) is 0 Å². The van der Waals surface area contributed by atoms with Gasteiger partial charge in [0.15, 0.2) is 0 Å². The van der Waals surface area contributed by atoms with E-state index in [4.69, 9.17) is 11.5 Å². The Hall–Kier alpha value is -3.86. The first kappa shape index (κ1) is 19.6. The lowest BCUT2D eigenvalue weighted by Gasteiger charge is -2.16. The minimum atomic E-state index is 0.0821. The minimum absolute atomic E-state index is 0.0821. The van der Waals surface area contributed by atoms with Gasteiger partial charge in [0.1, 0.15) is 0 Å². The zero-order valence-electron chi connectivity index (χ0n) is 18.5. The summed E-state index contributed by atoms with van der Waals surface area (Å²) >= 11 is 1.85. The van der Waals surface area contributed by atoms with Gasteiger partial charge in [-0.05, 0) is 65.4 Å². The van der Waals surface area contributed by atoms with Gasteiger partial charge in [-0.3, -0.25) is 0 Å². The van der Waals surface area contributed by atoms with Crippen LogP contribution in [-0.2, 0) is 6.42 Å².